The topological polar surface area (TPSA) is 85.1 Å². The van der Waals surface area contributed by atoms with Crippen molar-refractivity contribution in [3.8, 4) is 0 Å². The van der Waals surface area contributed by atoms with Crippen LogP contribution in [0.25, 0.3) is 0 Å². The minimum atomic E-state index is -3.36. The number of sulfone groups is 1. The van der Waals surface area contributed by atoms with E-state index in [0.717, 1.165) is 22.7 Å². The summed E-state index contributed by atoms with van der Waals surface area (Å²) in [5.74, 6) is 0.0624. The molecule has 0 aliphatic rings. The Morgan fingerprint density at radius 3 is 2.72 bits per heavy atom. The summed E-state index contributed by atoms with van der Waals surface area (Å²) in [6, 6.07) is 4.04. The van der Waals surface area contributed by atoms with Crippen LogP contribution in [0.15, 0.2) is 17.0 Å². The lowest BCUT2D eigenvalue weighted by atomic mass is 10.4. The first-order valence-corrected chi connectivity index (χ1v) is 8.60. The second-order valence-electron chi connectivity index (χ2n) is 3.86. The molecule has 2 heterocycles. The first kappa shape index (κ1) is 13.3. The molecule has 0 atom stereocenters. The number of hydrogen-bond donors (Lipinski definition) is 2. The summed E-state index contributed by atoms with van der Waals surface area (Å²) < 4.78 is 27.1. The van der Waals surface area contributed by atoms with Crippen LogP contribution in [0.3, 0.4) is 0 Å². The zero-order chi connectivity index (χ0) is 13.3. The summed E-state index contributed by atoms with van der Waals surface area (Å²) in [4.78, 5) is 2.46. The molecule has 0 aromatic carbocycles. The van der Waals surface area contributed by atoms with Crippen LogP contribution in [0.5, 0.6) is 0 Å². The molecule has 98 valence electrons. The Balaban J connectivity index is 2.20. The number of nitrogens with zero attached hydrogens (tertiary/aromatic N) is 1. The lowest BCUT2D eigenvalue weighted by Crippen LogP contribution is -2.05. The fourth-order valence-corrected chi connectivity index (χ4v) is 4.41. The van der Waals surface area contributed by atoms with Crippen molar-refractivity contribution in [3.05, 3.63) is 21.9 Å². The van der Waals surface area contributed by atoms with Gasteiger partial charge in [-0.05, 0) is 30.6 Å². The molecule has 0 saturated heterocycles. The monoisotopic (exact) mass is 303 g/mol. The van der Waals surface area contributed by atoms with Crippen LogP contribution in [0.2, 0.25) is 0 Å². The zero-order valence-electron chi connectivity index (χ0n) is 9.93. The predicted molar refractivity (Wildman–Crippen MR) is 76.0 cm³/mol. The third kappa shape index (κ3) is 2.82. The van der Waals surface area contributed by atoms with Gasteiger partial charge < -0.3 is 11.1 Å². The molecule has 0 aliphatic carbocycles. The van der Waals surface area contributed by atoms with Gasteiger partial charge in [-0.1, -0.05) is 0 Å². The number of aryl methyl sites for hydroxylation is 1. The Morgan fingerprint density at radius 1 is 1.44 bits per heavy atom. The molecule has 0 amide bonds. The van der Waals surface area contributed by atoms with Gasteiger partial charge in [-0.15, -0.1) is 11.3 Å². The van der Waals surface area contributed by atoms with Gasteiger partial charge >= 0.3 is 0 Å². The normalized spacial score (nSPS) is 11.7. The van der Waals surface area contributed by atoms with E-state index in [4.69, 9.17) is 5.73 Å². The van der Waals surface area contributed by atoms with Gasteiger partial charge in [0, 0.05) is 16.0 Å². The highest BCUT2D eigenvalue weighted by molar-refractivity contribution is 7.91. The fraction of sp³-hybridized carbons (Fsp3) is 0.300. The van der Waals surface area contributed by atoms with Crippen molar-refractivity contribution in [1.29, 1.82) is 0 Å². The van der Waals surface area contributed by atoms with Gasteiger partial charge in [0.2, 0.25) is 0 Å². The highest BCUT2D eigenvalue weighted by atomic mass is 32.2. The van der Waals surface area contributed by atoms with Gasteiger partial charge in [-0.3, -0.25) is 0 Å². The van der Waals surface area contributed by atoms with Gasteiger partial charge in [0.1, 0.15) is 9.90 Å². The Kier molecular flexibility index (Phi) is 3.60. The molecule has 0 radical (unpaired) electrons. The first-order chi connectivity index (χ1) is 8.38. The van der Waals surface area contributed by atoms with E-state index in [-0.39, 0.29) is 10.7 Å². The molecule has 18 heavy (non-hydrogen) atoms. The Bertz CT molecular complexity index is 658. The Labute approximate surface area is 114 Å². The first-order valence-electron chi connectivity index (χ1n) is 5.12. The molecule has 0 bridgehead atoms. The van der Waals surface area contributed by atoms with Crippen LogP contribution < -0.4 is 11.1 Å². The minimum Gasteiger partial charge on any atom is -0.382 e. The van der Waals surface area contributed by atoms with E-state index in [0.29, 0.717) is 11.5 Å². The molecule has 2 rings (SSSR count). The smallest absolute Gasteiger partial charge is 0.182 e. The van der Waals surface area contributed by atoms with E-state index in [2.05, 4.69) is 9.69 Å². The van der Waals surface area contributed by atoms with Crippen molar-refractivity contribution in [1.82, 2.24) is 4.37 Å². The van der Waals surface area contributed by atoms with E-state index in [1.54, 1.807) is 11.3 Å². The standard InChI is InChI=1S/C10H13N3O2S3/c1-6-3-4-7(16-6)5-12-10-8(18(2,14)15)9(11)13-17-10/h3-4,12H,5H2,1-2H3,(H2,11,13). The van der Waals surface area contributed by atoms with Gasteiger partial charge in [0.05, 0.1) is 6.54 Å². The van der Waals surface area contributed by atoms with Crippen LogP contribution in [0, 0.1) is 6.92 Å². The van der Waals surface area contributed by atoms with E-state index in [1.807, 2.05) is 19.1 Å². The van der Waals surface area contributed by atoms with Gasteiger partial charge in [-0.2, -0.15) is 4.37 Å². The number of nitrogens with two attached hydrogens (primary N) is 1. The molecule has 0 aliphatic heterocycles. The number of anilines is 2. The SMILES string of the molecule is Cc1ccc(CNc2snc(N)c2S(C)(=O)=O)s1. The molecule has 2 aromatic heterocycles. The lowest BCUT2D eigenvalue weighted by molar-refractivity contribution is 0.602. The largest absolute Gasteiger partial charge is 0.382 e. The fourth-order valence-electron chi connectivity index (χ4n) is 1.51. The molecular weight excluding hydrogens is 290 g/mol. The lowest BCUT2D eigenvalue weighted by Gasteiger charge is -2.04. The van der Waals surface area contributed by atoms with Crippen LogP contribution in [0.4, 0.5) is 10.8 Å². The summed E-state index contributed by atoms with van der Waals surface area (Å²) in [5, 5.41) is 3.58. The average Bonchev–Trinajstić information content (AvgIpc) is 2.81. The molecule has 0 fully saturated rings. The van der Waals surface area contributed by atoms with Crippen molar-refractivity contribution in [3.63, 3.8) is 0 Å². The third-order valence-electron chi connectivity index (χ3n) is 2.26. The molecule has 3 N–H and O–H groups in total. The number of hydrogen-bond acceptors (Lipinski definition) is 7. The highest BCUT2D eigenvalue weighted by Gasteiger charge is 2.21. The van der Waals surface area contributed by atoms with E-state index >= 15 is 0 Å². The molecule has 0 unspecified atom stereocenters. The van der Waals surface area contributed by atoms with E-state index in [1.165, 1.54) is 4.88 Å². The number of nitrogen functional groups attached to an aromatic ring is 1. The second kappa shape index (κ2) is 4.87. The van der Waals surface area contributed by atoms with Crippen LogP contribution in [-0.2, 0) is 16.4 Å². The third-order valence-corrected chi connectivity index (χ3v) is 5.37. The molecule has 5 nitrogen and oxygen atoms in total. The average molecular weight is 303 g/mol. The van der Waals surface area contributed by atoms with E-state index < -0.39 is 9.84 Å². The van der Waals surface area contributed by atoms with Crippen LogP contribution in [0.1, 0.15) is 9.75 Å². The van der Waals surface area contributed by atoms with Crippen LogP contribution in [-0.4, -0.2) is 19.0 Å². The van der Waals surface area contributed by atoms with Crippen molar-refractivity contribution >= 4 is 43.5 Å². The Morgan fingerprint density at radius 2 is 2.17 bits per heavy atom. The van der Waals surface area contributed by atoms with Crippen LogP contribution >= 0.6 is 22.9 Å². The summed E-state index contributed by atoms with van der Waals surface area (Å²) in [7, 11) is -3.36. The summed E-state index contributed by atoms with van der Waals surface area (Å²) >= 11 is 2.74. The van der Waals surface area contributed by atoms with Crippen molar-refractivity contribution in [2.75, 3.05) is 17.3 Å². The maximum atomic E-state index is 11.6. The molecule has 0 spiro atoms. The summed E-state index contributed by atoms with van der Waals surface area (Å²) in [6.07, 6.45) is 1.13. The number of nitrogens with one attached hydrogen (secondary N) is 1. The molecule has 0 saturated carbocycles. The highest BCUT2D eigenvalue weighted by Crippen LogP contribution is 2.31. The number of aromatic nitrogens is 1. The van der Waals surface area contributed by atoms with Crippen molar-refractivity contribution in [2.24, 2.45) is 0 Å². The van der Waals surface area contributed by atoms with Gasteiger partial charge in [-0.25, -0.2) is 8.42 Å². The minimum absolute atomic E-state index is 0.0624. The maximum Gasteiger partial charge on any atom is 0.182 e. The molecule has 8 heteroatoms. The number of rotatable bonds is 4. The quantitative estimate of drug-likeness (QED) is 0.903. The molecule has 2 aromatic rings. The van der Waals surface area contributed by atoms with E-state index in [9.17, 15) is 8.42 Å². The van der Waals surface area contributed by atoms with Crippen molar-refractivity contribution in [2.45, 2.75) is 18.4 Å². The maximum absolute atomic E-state index is 11.6. The molecular formula is C10H13N3O2S3. The number of thiophene rings is 1. The zero-order valence-corrected chi connectivity index (χ0v) is 12.4. The Hall–Kier alpha value is -1.12. The second-order valence-corrected chi connectivity index (χ2v) is 7.96. The van der Waals surface area contributed by atoms with Gasteiger partial charge in [0.25, 0.3) is 0 Å². The summed E-state index contributed by atoms with van der Waals surface area (Å²) in [5.41, 5.74) is 5.58. The summed E-state index contributed by atoms with van der Waals surface area (Å²) in [6.45, 7) is 2.60. The predicted octanol–water partition coefficient (Wildman–Crippen LogP) is 2.11. The van der Waals surface area contributed by atoms with Crippen molar-refractivity contribution < 1.29 is 8.42 Å². The van der Waals surface area contributed by atoms with Gasteiger partial charge in [0.15, 0.2) is 15.7 Å².